The van der Waals surface area contributed by atoms with Crippen molar-refractivity contribution in [3.05, 3.63) is 59.5 Å². The topological polar surface area (TPSA) is 81.9 Å². The van der Waals surface area contributed by atoms with E-state index in [0.717, 1.165) is 46.6 Å². The number of aldehydes is 1. The lowest BCUT2D eigenvalue weighted by Gasteiger charge is -2.36. The summed E-state index contributed by atoms with van der Waals surface area (Å²) in [7, 11) is 1.99. The third-order valence-corrected chi connectivity index (χ3v) is 8.78. The molecule has 0 bridgehead atoms. The fourth-order valence-corrected chi connectivity index (χ4v) is 6.26. The largest absolute Gasteiger partial charge is 0.444 e. The maximum absolute atomic E-state index is 13.8. The number of carbonyl (C=O) groups is 2. The molecule has 1 saturated heterocycles. The van der Waals surface area contributed by atoms with Gasteiger partial charge in [0.2, 0.25) is 5.89 Å². The summed E-state index contributed by atoms with van der Waals surface area (Å²) >= 11 is 1.48. The maximum Gasteiger partial charge on any atom is 0.236 e. The van der Waals surface area contributed by atoms with E-state index in [9.17, 15) is 9.59 Å². The van der Waals surface area contributed by atoms with Crippen molar-refractivity contribution in [2.75, 3.05) is 31.7 Å². The molecule has 0 radical (unpaired) electrons. The van der Waals surface area contributed by atoms with Gasteiger partial charge in [0, 0.05) is 26.8 Å². The lowest BCUT2D eigenvalue weighted by atomic mass is 9.65. The van der Waals surface area contributed by atoms with Crippen LogP contribution in [0.2, 0.25) is 0 Å². The number of thiophene rings is 1. The molecule has 3 heterocycles. The fraction of sp³-hybridized carbons (Fsp3) is 0.464. The normalized spacial score (nSPS) is 18.4. The average Bonchev–Trinajstić information content (AvgIpc) is 3.52. The number of ether oxygens (including phenoxy) is 2. The number of aromatic nitrogens is 1. The lowest BCUT2D eigenvalue weighted by Crippen LogP contribution is -2.40. The van der Waals surface area contributed by atoms with Crippen molar-refractivity contribution < 1.29 is 23.5 Å². The summed E-state index contributed by atoms with van der Waals surface area (Å²) in [6.45, 7) is 3.89. The van der Waals surface area contributed by atoms with Gasteiger partial charge in [0.05, 0.1) is 28.2 Å². The van der Waals surface area contributed by atoms with Gasteiger partial charge in [-0.1, -0.05) is 36.8 Å². The molecule has 7 nitrogen and oxygen atoms in total. The molecule has 1 aliphatic carbocycles. The Morgan fingerprint density at radius 1 is 1.28 bits per heavy atom. The monoisotopic (exact) mass is 508 g/mol. The van der Waals surface area contributed by atoms with Gasteiger partial charge < -0.3 is 23.6 Å². The minimum absolute atomic E-state index is 0.0984. The molecule has 1 atom stereocenters. The minimum atomic E-state index is -0.924. The predicted octanol–water partition coefficient (Wildman–Crippen LogP) is 5.64. The summed E-state index contributed by atoms with van der Waals surface area (Å²) in [4.78, 5) is 33.1. The lowest BCUT2D eigenvalue weighted by molar-refractivity contribution is -0.117. The molecule has 1 saturated carbocycles. The number of rotatable bonds is 10. The van der Waals surface area contributed by atoms with E-state index in [4.69, 9.17) is 13.9 Å². The zero-order valence-corrected chi connectivity index (χ0v) is 21.6. The highest BCUT2D eigenvalue weighted by Gasteiger charge is 2.46. The summed E-state index contributed by atoms with van der Waals surface area (Å²) in [5.74, 6) is 0.386. The number of hydrogen-bond donors (Lipinski definition) is 0. The van der Waals surface area contributed by atoms with Gasteiger partial charge in [-0.3, -0.25) is 4.79 Å². The maximum atomic E-state index is 13.8. The van der Waals surface area contributed by atoms with Crippen LogP contribution in [0.15, 0.2) is 47.2 Å². The first-order valence-electron chi connectivity index (χ1n) is 12.6. The van der Waals surface area contributed by atoms with E-state index in [1.54, 1.807) is 6.20 Å². The van der Waals surface area contributed by atoms with E-state index < -0.39 is 5.41 Å². The first-order chi connectivity index (χ1) is 17.5. The summed E-state index contributed by atoms with van der Waals surface area (Å²) in [6.07, 6.45) is 7.75. The van der Waals surface area contributed by atoms with Crippen LogP contribution in [0.5, 0.6) is 0 Å². The third-order valence-electron chi connectivity index (χ3n) is 7.39. The molecule has 0 amide bonds. The number of ketones is 1. The van der Waals surface area contributed by atoms with Crippen LogP contribution < -0.4 is 4.90 Å². The van der Waals surface area contributed by atoms with Crippen LogP contribution in [0, 0.1) is 12.3 Å². The van der Waals surface area contributed by atoms with Crippen LogP contribution in [0.3, 0.4) is 0 Å². The smallest absolute Gasteiger partial charge is 0.236 e. The van der Waals surface area contributed by atoms with Crippen LogP contribution in [-0.4, -0.2) is 50.0 Å². The van der Waals surface area contributed by atoms with Crippen molar-refractivity contribution in [2.24, 2.45) is 5.41 Å². The van der Waals surface area contributed by atoms with Gasteiger partial charge in [-0.2, -0.15) is 0 Å². The Morgan fingerprint density at radius 3 is 2.64 bits per heavy atom. The molecule has 2 aliphatic rings. The fourth-order valence-electron chi connectivity index (χ4n) is 5.05. The Kier molecular flexibility index (Phi) is 7.37. The van der Waals surface area contributed by atoms with Gasteiger partial charge in [0.15, 0.2) is 5.78 Å². The summed E-state index contributed by atoms with van der Waals surface area (Å²) in [5, 5.41) is 0.815. The van der Waals surface area contributed by atoms with Crippen molar-refractivity contribution in [3.63, 3.8) is 0 Å². The van der Waals surface area contributed by atoms with Crippen molar-refractivity contribution >= 4 is 28.4 Å². The van der Waals surface area contributed by atoms with Crippen LogP contribution >= 0.6 is 11.3 Å². The second-order valence-corrected chi connectivity index (χ2v) is 10.8. The van der Waals surface area contributed by atoms with Gasteiger partial charge >= 0.3 is 0 Å². The van der Waals surface area contributed by atoms with Crippen LogP contribution in [-0.2, 0) is 14.3 Å². The van der Waals surface area contributed by atoms with Crippen molar-refractivity contribution in [3.8, 4) is 10.8 Å². The number of carbonyl (C=O) groups excluding carboxylic acids is 2. The second kappa shape index (κ2) is 10.7. The molecule has 1 aromatic carbocycles. The summed E-state index contributed by atoms with van der Waals surface area (Å²) in [6, 6.07) is 10.2. The SMILES string of the molecule is Cc1c(-c2ncco2)sc(N(C)CC(OC2CCOCC2)c2ccccc2)c1C(=O)C1(C=O)CCC1. The van der Waals surface area contributed by atoms with E-state index >= 15 is 0 Å². The molecule has 1 aliphatic heterocycles. The first-order valence-corrected chi connectivity index (χ1v) is 13.4. The Balaban J connectivity index is 1.50. The number of benzene rings is 1. The number of nitrogens with zero attached hydrogens (tertiary/aromatic N) is 2. The molecule has 5 rings (SSSR count). The number of likely N-dealkylation sites (N-methyl/N-ethyl adjacent to an activating group) is 1. The zero-order chi connectivity index (χ0) is 25.1. The zero-order valence-electron chi connectivity index (χ0n) is 20.8. The molecule has 190 valence electrons. The molecule has 0 N–H and O–H groups in total. The highest BCUT2D eigenvalue weighted by Crippen LogP contribution is 2.48. The molecule has 0 spiro atoms. The van der Waals surface area contributed by atoms with Crippen LogP contribution in [0.4, 0.5) is 5.00 Å². The molecule has 1 unspecified atom stereocenters. The van der Waals surface area contributed by atoms with E-state index in [2.05, 4.69) is 22.0 Å². The van der Waals surface area contributed by atoms with E-state index in [1.807, 2.05) is 32.2 Å². The molecule has 36 heavy (non-hydrogen) atoms. The Hall–Kier alpha value is -2.81. The van der Waals surface area contributed by atoms with Gasteiger partial charge in [-0.05, 0) is 43.7 Å². The molecule has 2 aromatic heterocycles. The first kappa shape index (κ1) is 24.9. The Morgan fingerprint density at radius 2 is 2.03 bits per heavy atom. The number of anilines is 1. The highest BCUT2D eigenvalue weighted by atomic mass is 32.1. The second-order valence-electron chi connectivity index (χ2n) is 9.76. The standard InChI is InChI=1S/C28H32N2O5S/c1-19-23(25(32)28(18-31)11-6-12-28)27(36-24(19)26-29-13-16-34-26)30(2)17-22(20-7-4-3-5-8-20)35-21-9-14-33-15-10-21/h3-5,7-8,13,16,18,21-22H,6,9-12,14-15,17H2,1-2H3. The molecule has 3 aromatic rings. The van der Waals surface area contributed by atoms with Crippen molar-refractivity contribution in [1.82, 2.24) is 4.98 Å². The Labute approximate surface area is 215 Å². The number of Topliss-reactive ketones (excluding diaryl/α,β-unsaturated/α-hetero) is 1. The van der Waals surface area contributed by atoms with Crippen LogP contribution in [0.1, 0.15) is 59.7 Å². The van der Waals surface area contributed by atoms with Crippen molar-refractivity contribution in [2.45, 2.75) is 51.2 Å². The predicted molar refractivity (Wildman–Crippen MR) is 139 cm³/mol. The van der Waals surface area contributed by atoms with Gasteiger partial charge in [-0.15, -0.1) is 11.3 Å². The van der Waals surface area contributed by atoms with E-state index in [0.29, 0.717) is 44.1 Å². The molecule has 8 heteroatoms. The molecular weight excluding hydrogens is 476 g/mol. The summed E-state index contributed by atoms with van der Waals surface area (Å²) < 4.78 is 17.7. The molecule has 2 fully saturated rings. The quantitative estimate of drug-likeness (QED) is 0.199. The van der Waals surface area contributed by atoms with E-state index in [1.165, 1.54) is 17.6 Å². The van der Waals surface area contributed by atoms with Gasteiger partial charge in [-0.25, -0.2) is 4.98 Å². The van der Waals surface area contributed by atoms with Crippen molar-refractivity contribution in [1.29, 1.82) is 0 Å². The number of hydrogen-bond acceptors (Lipinski definition) is 8. The van der Waals surface area contributed by atoms with Gasteiger partial charge in [0.1, 0.15) is 23.7 Å². The Bertz CT molecular complexity index is 1180. The third kappa shape index (κ3) is 4.77. The van der Waals surface area contributed by atoms with E-state index in [-0.39, 0.29) is 18.0 Å². The highest BCUT2D eigenvalue weighted by molar-refractivity contribution is 7.20. The average molecular weight is 509 g/mol. The van der Waals surface area contributed by atoms with Gasteiger partial charge in [0.25, 0.3) is 0 Å². The number of oxazole rings is 1. The molecular formula is C28H32N2O5S. The van der Waals surface area contributed by atoms with Crippen LogP contribution in [0.25, 0.3) is 10.8 Å². The minimum Gasteiger partial charge on any atom is -0.444 e. The summed E-state index contributed by atoms with van der Waals surface area (Å²) in [5.41, 5.74) is 1.57.